The zero-order valence-corrected chi connectivity index (χ0v) is 20.8. The Bertz CT molecular complexity index is 874. The van der Waals surface area contributed by atoms with Crippen LogP contribution in [0, 0.1) is 0 Å². The molecule has 1 heteroatoms. The van der Waals surface area contributed by atoms with Crippen LogP contribution in [0.25, 0.3) is 17.7 Å². The van der Waals surface area contributed by atoms with E-state index >= 15 is 0 Å². The van der Waals surface area contributed by atoms with Crippen molar-refractivity contribution in [1.29, 1.82) is 0 Å². The van der Waals surface area contributed by atoms with Crippen LogP contribution in [0.4, 0.5) is 0 Å². The van der Waals surface area contributed by atoms with Gasteiger partial charge in [0.15, 0.2) is 0 Å². The molecule has 0 atom stereocenters. The molecule has 2 aliphatic rings. The van der Waals surface area contributed by atoms with Crippen LogP contribution in [0.3, 0.4) is 0 Å². The van der Waals surface area contributed by atoms with Crippen molar-refractivity contribution in [1.82, 2.24) is 4.90 Å². The molecule has 0 bridgehead atoms. The summed E-state index contributed by atoms with van der Waals surface area (Å²) in [7, 11) is 0. The fourth-order valence-electron chi connectivity index (χ4n) is 5.56. The van der Waals surface area contributed by atoms with E-state index in [-0.39, 0.29) is 0 Å². The molecule has 176 valence electrons. The summed E-state index contributed by atoms with van der Waals surface area (Å²) >= 11 is 0. The molecule has 1 heterocycles. The molecule has 1 aliphatic carbocycles. The second-order valence-electron chi connectivity index (χ2n) is 10.0. The SMILES string of the molecule is CCCCCCCCCCCCN1CCC(=C2c3ccccc3C=Cc3ccccc32)CC1. The van der Waals surface area contributed by atoms with Gasteiger partial charge in [0, 0.05) is 13.1 Å². The molecule has 1 saturated heterocycles. The summed E-state index contributed by atoms with van der Waals surface area (Å²) in [5.74, 6) is 0. The summed E-state index contributed by atoms with van der Waals surface area (Å²) in [6.45, 7) is 6.02. The van der Waals surface area contributed by atoms with Gasteiger partial charge in [0.2, 0.25) is 0 Å². The van der Waals surface area contributed by atoms with Gasteiger partial charge in [-0.05, 0) is 53.6 Å². The second-order valence-corrected chi connectivity index (χ2v) is 10.0. The summed E-state index contributed by atoms with van der Waals surface area (Å²) in [5.41, 5.74) is 8.68. The minimum atomic E-state index is 1.20. The quantitative estimate of drug-likeness (QED) is 0.268. The summed E-state index contributed by atoms with van der Waals surface area (Å²) in [5, 5.41) is 0. The minimum Gasteiger partial charge on any atom is -0.303 e. The maximum atomic E-state index is 2.71. The van der Waals surface area contributed by atoms with Crippen molar-refractivity contribution in [2.45, 2.75) is 84.0 Å². The monoisotopic (exact) mass is 441 g/mol. The standard InChI is InChI=1S/C32H43N/c1-2-3-4-5-6-7-8-9-10-15-24-33-25-22-29(23-26-33)32-30-18-13-11-16-27(30)20-21-28-17-12-14-19-31(28)32/h11-14,16-21H,2-10,15,22-26H2,1H3. The predicted molar refractivity (Wildman–Crippen MR) is 145 cm³/mol. The average Bonchev–Trinajstić information content (AvgIpc) is 3.03. The second kappa shape index (κ2) is 12.9. The summed E-state index contributed by atoms with van der Waals surface area (Å²) in [6.07, 6.45) is 21.2. The molecule has 2 aromatic rings. The highest BCUT2D eigenvalue weighted by Crippen LogP contribution is 2.38. The van der Waals surface area contributed by atoms with Gasteiger partial charge in [0.05, 0.1) is 0 Å². The highest BCUT2D eigenvalue weighted by molar-refractivity contribution is 5.94. The van der Waals surface area contributed by atoms with Gasteiger partial charge in [-0.3, -0.25) is 0 Å². The number of rotatable bonds is 11. The number of nitrogens with zero attached hydrogens (tertiary/aromatic N) is 1. The van der Waals surface area contributed by atoms with Crippen LogP contribution in [0.5, 0.6) is 0 Å². The Morgan fingerprint density at radius 1 is 0.606 bits per heavy atom. The first-order valence-corrected chi connectivity index (χ1v) is 13.7. The molecule has 0 amide bonds. The number of unbranched alkanes of at least 4 members (excludes halogenated alkanes) is 9. The van der Waals surface area contributed by atoms with Crippen molar-refractivity contribution in [2.24, 2.45) is 0 Å². The number of hydrogen-bond donors (Lipinski definition) is 0. The molecule has 1 fully saturated rings. The smallest absolute Gasteiger partial charge is 0.00190 e. The average molecular weight is 442 g/mol. The van der Waals surface area contributed by atoms with Crippen molar-refractivity contribution in [3.8, 4) is 0 Å². The van der Waals surface area contributed by atoms with Crippen LogP contribution in [0.1, 0.15) is 106 Å². The predicted octanol–water partition coefficient (Wildman–Crippen LogP) is 8.99. The third-order valence-corrected chi connectivity index (χ3v) is 7.54. The van der Waals surface area contributed by atoms with Gasteiger partial charge >= 0.3 is 0 Å². The lowest BCUT2D eigenvalue weighted by molar-refractivity contribution is 0.251. The van der Waals surface area contributed by atoms with E-state index in [1.165, 1.54) is 125 Å². The molecule has 0 saturated carbocycles. The normalized spacial score (nSPS) is 15.9. The van der Waals surface area contributed by atoms with Crippen LogP contribution in [0.15, 0.2) is 54.1 Å². The van der Waals surface area contributed by atoms with Gasteiger partial charge in [0.1, 0.15) is 0 Å². The first-order valence-electron chi connectivity index (χ1n) is 13.7. The number of likely N-dealkylation sites (tertiary alicyclic amines) is 1. The lowest BCUT2D eigenvalue weighted by Crippen LogP contribution is -2.32. The Hall–Kier alpha value is -2.12. The van der Waals surface area contributed by atoms with Gasteiger partial charge in [-0.1, -0.05) is 131 Å². The summed E-state index contributed by atoms with van der Waals surface area (Å²) < 4.78 is 0. The topological polar surface area (TPSA) is 3.24 Å². The third kappa shape index (κ3) is 6.70. The van der Waals surface area contributed by atoms with Gasteiger partial charge in [0.25, 0.3) is 0 Å². The van der Waals surface area contributed by atoms with E-state index in [0.29, 0.717) is 0 Å². The highest BCUT2D eigenvalue weighted by atomic mass is 15.1. The van der Waals surface area contributed by atoms with E-state index in [1.54, 1.807) is 5.57 Å². The molecule has 4 rings (SSSR count). The van der Waals surface area contributed by atoms with E-state index in [1.807, 2.05) is 0 Å². The molecule has 33 heavy (non-hydrogen) atoms. The van der Waals surface area contributed by atoms with E-state index in [4.69, 9.17) is 0 Å². The lowest BCUT2D eigenvalue weighted by Gasteiger charge is -2.30. The van der Waals surface area contributed by atoms with Gasteiger partial charge < -0.3 is 4.90 Å². The zero-order chi connectivity index (χ0) is 22.7. The molecule has 0 N–H and O–H groups in total. The number of hydrogen-bond acceptors (Lipinski definition) is 1. The highest BCUT2D eigenvalue weighted by Gasteiger charge is 2.22. The van der Waals surface area contributed by atoms with Gasteiger partial charge in [-0.25, -0.2) is 0 Å². The lowest BCUT2D eigenvalue weighted by atomic mass is 9.86. The van der Waals surface area contributed by atoms with E-state index in [0.717, 1.165) is 0 Å². The molecule has 1 nitrogen and oxygen atoms in total. The number of benzene rings is 2. The van der Waals surface area contributed by atoms with Gasteiger partial charge in [-0.2, -0.15) is 0 Å². The molecular weight excluding hydrogens is 398 g/mol. The summed E-state index contributed by atoms with van der Waals surface area (Å²) in [6, 6.07) is 17.9. The molecular formula is C32H43N. The Balaban J connectivity index is 1.28. The Morgan fingerprint density at radius 2 is 1.09 bits per heavy atom. The van der Waals surface area contributed by atoms with Crippen molar-refractivity contribution in [3.63, 3.8) is 0 Å². The maximum Gasteiger partial charge on any atom is 0.00190 e. The largest absolute Gasteiger partial charge is 0.303 e. The van der Waals surface area contributed by atoms with Crippen molar-refractivity contribution < 1.29 is 0 Å². The van der Waals surface area contributed by atoms with E-state index in [2.05, 4.69) is 72.5 Å². The van der Waals surface area contributed by atoms with Crippen molar-refractivity contribution in [2.75, 3.05) is 19.6 Å². The summed E-state index contributed by atoms with van der Waals surface area (Å²) in [4.78, 5) is 2.71. The Labute approximate surface area is 202 Å². The third-order valence-electron chi connectivity index (χ3n) is 7.54. The molecule has 0 radical (unpaired) electrons. The molecule has 1 aliphatic heterocycles. The van der Waals surface area contributed by atoms with E-state index < -0.39 is 0 Å². The Kier molecular flexibility index (Phi) is 9.42. The number of piperidine rings is 1. The maximum absolute atomic E-state index is 2.71. The first-order chi connectivity index (χ1) is 16.4. The van der Waals surface area contributed by atoms with Crippen molar-refractivity contribution in [3.05, 3.63) is 76.4 Å². The van der Waals surface area contributed by atoms with E-state index in [9.17, 15) is 0 Å². The molecule has 0 aromatic heterocycles. The van der Waals surface area contributed by atoms with Crippen LogP contribution >= 0.6 is 0 Å². The molecule has 0 unspecified atom stereocenters. The Morgan fingerprint density at radius 3 is 1.64 bits per heavy atom. The van der Waals surface area contributed by atoms with Crippen molar-refractivity contribution >= 4 is 17.7 Å². The van der Waals surface area contributed by atoms with Gasteiger partial charge in [-0.15, -0.1) is 0 Å². The zero-order valence-electron chi connectivity index (χ0n) is 20.8. The fourth-order valence-corrected chi connectivity index (χ4v) is 5.56. The van der Waals surface area contributed by atoms with Crippen LogP contribution in [-0.2, 0) is 0 Å². The van der Waals surface area contributed by atoms with Crippen LogP contribution in [0.2, 0.25) is 0 Å². The number of fused-ring (bicyclic) bond motifs is 2. The first kappa shape index (κ1) is 24.0. The molecule has 2 aromatic carbocycles. The van der Waals surface area contributed by atoms with Crippen LogP contribution in [-0.4, -0.2) is 24.5 Å². The van der Waals surface area contributed by atoms with Crippen LogP contribution < -0.4 is 0 Å². The fraction of sp³-hybridized carbons (Fsp3) is 0.500. The molecule has 0 spiro atoms. The minimum absolute atomic E-state index is 1.20.